The summed E-state index contributed by atoms with van der Waals surface area (Å²) in [5, 5.41) is 4.40. The SMILES string of the molecule is Fc1cc(Cl)ccc1COc1ccc(Cl)c([C@@H]2[C@@H]3CNC[C@@H]32)n1. The Hall–Kier alpha value is -1.36. The first-order valence-electron chi connectivity index (χ1n) is 7.57. The van der Waals surface area contributed by atoms with Crippen LogP contribution in [0.25, 0.3) is 0 Å². The van der Waals surface area contributed by atoms with Crippen LogP contribution in [0.3, 0.4) is 0 Å². The summed E-state index contributed by atoms with van der Waals surface area (Å²) < 4.78 is 19.4. The third-order valence-corrected chi connectivity index (χ3v) is 5.20. The first-order chi connectivity index (χ1) is 11.1. The van der Waals surface area contributed by atoms with Gasteiger partial charge < -0.3 is 10.1 Å². The number of rotatable bonds is 4. The quantitative estimate of drug-likeness (QED) is 0.901. The molecule has 0 bridgehead atoms. The van der Waals surface area contributed by atoms with Gasteiger partial charge >= 0.3 is 0 Å². The van der Waals surface area contributed by atoms with Gasteiger partial charge in [0.1, 0.15) is 12.4 Å². The lowest BCUT2D eigenvalue weighted by Gasteiger charge is -2.10. The fourth-order valence-corrected chi connectivity index (χ4v) is 3.76. The number of nitrogens with zero attached hydrogens (tertiary/aromatic N) is 1. The molecule has 0 radical (unpaired) electrons. The molecule has 0 spiro atoms. The maximum absolute atomic E-state index is 13.8. The van der Waals surface area contributed by atoms with Crippen LogP contribution in [0.1, 0.15) is 17.2 Å². The lowest BCUT2D eigenvalue weighted by atomic mass is 10.2. The van der Waals surface area contributed by atoms with E-state index in [0.717, 1.165) is 18.8 Å². The zero-order chi connectivity index (χ0) is 16.0. The monoisotopic (exact) mass is 352 g/mol. The Bertz CT molecular complexity index is 745. The number of hydrogen-bond donors (Lipinski definition) is 1. The van der Waals surface area contributed by atoms with Crippen LogP contribution in [-0.2, 0) is 6.61 Å². The smallest absolute Gasteiger partial charge is 0.213 e. The van der Waals surface area contributed by atoms with Crippen molar-refractivity contribution < 1.29 is 9.13 Å². The first-order valence-corrected chi connectivity index (χ1v) is 8.33. The Balaban J connectivity index is 1.49. The van der Waals surface area contributed by atoms with Crippen molar-refractivity contribution in [1.82, 2.24) is 10.3 Å². The highest BCUT2D eigenvalue weighted by Gasteiger charge is 2.55. The van der Waals surface area contributed by atoms with Gasteiger partial charge in [0, 0.05) is 22.6 Å². The van der Waals surface area contributed by atoms with Gasteiger partial charge in [-0.3, -0.25) is 0 Å². The number of benzene rings is 1. The van der Waals surface area contributed by atoms with Gasteiger partial charge in [-0.25, -0.2) is 9.37 Å². The standard InChI is InChI=1S/C17H15Cl2FN2O/c18-10-2-1-9(14(20)5-10)8-23-15-4-3-13(19)17(22-15)16-11-6-21-7-12(11)16/h1-5,11-12,16,21H,6-8H2/t11-,12+,16-. The van der Waals surface area contributed by atoms with Gasteiger partial charge in [-0.05, 0) is 43.1 Å². The van der Waals surface area contributed by atoms with E-state index in [9.17, 15) is 4.39 Å². The molecule has 0 unspecified atom stereocenters. The van der Waals surface area contributed by atoms with Gasteiger partial charge in [0.2, 0.25) is 5.88 Å². The highest BCUT2D eigenvalue weighted by atomic mass is 35.5. The maximum atomic E-state index is 13.8. The highest BCUT2D eigenvalue weighted by molar-refractivity contribution is 6.31. The minimum atomic E-state index is -0.380. The van der Waals surface area contributed by atoms with Crippen LogP contribution in [0.5, 0.6) is 5.88 Å². The van der Waals surface area contributed by atoms with Crippen LogP contribution in [-0.4, -0.2) is 18.1 Å². The molecule has 3 atom stereocenters. The molecule has 2 aliphatic rings. The van der Waals surface area contributed by atoms with Gasteiger partial charge in [0.15, 0.2) is 0 Å². The fraction of sp³-hybridized carbons (Fsp3) is 0.353. The van der Waals surface area contributed by atoms with Crippen LogP contribution >= 0.6 is 23.2 Å². The predicted octanol–water partition coefficient (Wildman–Crippen LogP) is 4.04. The van der Waals surface area contributed by atoms with Crippen LogP contribution in [0.15, 0.2) is 30.3 Å². The Morgan fingerprint density at radius 1 is 1.17 bits per heavy atom. The van der Waals surface area contributed by atoms with E-state index in [1.807, 2.05) is 0 Å². The molecular formula is C17H15Cl2FN2O. The second-order valence-electron chi connectivity index (χ2n) is 6.05. The largest absolute Gasteiger partial charge is 0.473 e. The molecule has 0 amide bonds. The molecule has 1 N–H and O–H groups in total. The molecule has 6 heteroatoms. The lowest BCUT2D eigenvalue weighted by Crippen LogP contribution is -2.14. The fourth-order valence-electron chi connectivity index (χ4n) is 3.37. The van der Waals surface area contributed by atoms with Crippen molar-refractivity contribution in [3.63, 3.8) is 0 Å². The number of aromatic nitrogens is 1. The Morgan fingerprint density at radius 2 is 1.96 bits per heavy atom. The van der Waals surface area contributed by atoms with Gasteiger partial charge in [-0.2, -0.15) is 0 Å². The normalized spacial score (nSPS) is 25.3. The molecule has 1 aliphatic carbocycles. The van der Waals surface area contributed by atoms with Crippen molar-refractivity contribution in [3.05, 3.63) is 57.5 Å². The van der Waals surface area contributed by atoms with E-state index >= 15 is 0 Å². The summed E-state index contributed by atoms with van der Waals surface area (Å²) in [6.07, 6.45) is 0. The summed E-state index contributed by atoms with van der Waals surface area (Å²) in [5.41, 5.74) is 1.34. The van der Waals surface area contributed by atoms with Gasteiger partial charge in [-0.1, -0.05) is 29.3 Å². The molecule has 2 fully saturated rings. The maximum Gasteiger partial charge on any atom is 0.213 e. The number of halogens is 3. The second-order valence-corrected chi connectivity index (χ2v) is 6.90. The molecular weight excluding hydrogens is 338 g/mol. The summed E-state index contributed by atoms with van der Waals surface area (Å²) in [6, 6.07) is 8.06. The summed E-state index contributed by atoms with van der Waals surface area (Å²) >= 11 is 12.0. The first kappa shape index (κ1) is 15.2. The predicted molar refractivity (Wildman–Crippen MR) is 87.6 cm³/mol. The van der Waals surface area contributed by atoms with Crippen molar-refractivity contribution >= 4 is 23.2 Å². The third kappa shape index (κ3) is 2.91. The number of pyridine rings is 1. The van der Waals surface area contributed by atoms with Gasteiger partial charge in [0.25, 0.3) is 0 Å². The van der Waals surface area contributed by atoms with Crippen molar-refractivity contribution in [1.29, 1.82) is 0 Å². The van der Waals surface area contributed by atoms with E-state index < -0.39 is 0 Å². The Kier molecular flexibility index (Phi) is 3.92. The molecule has 1 saturated carbocycles. The van der Waals surface area contributed by atoms with Crippen molar-refractivity contribution in [3.8, 4) is 5.88 Å². The molecule has 1 saturated heterocycles. The van der Waals surface area contributed by atoms with Gasteiger partial charge in [0.05, 0.1) is 10.7 Å². The van der Waals surface area contributed by atoms with Crippen LogP contribution in [0, 0.1) is 17.7 Å². The average Bonchev–Trinajstić information content (AvgIpc) is 2.99. The average molecular weight is 353 g/mol. The summed E-state index contributed by atoms with van der Waals surface area (Å²) in [7, 11) is 0. The topological polar surface area (TPSA) is 34.1 Å². The van der Waals surface area contributed by atoms with Crippen LogP contribution in [0.2, 0.25) is 10.0 Å². The molecule has 4 rings (SSSR count). The molecule has 3 nitrogen and oxygen atoms in total. The minimum Gasteiger partial charge on any atom is -0.473 e. The second kappa shape index (κ2) is 5.93. The number of fused-ring (bicyclic) bond motifs is 1. The van der Waals surface area contributed by atoms with E-state index in [4.69, 9.17) is 27.9 Å². The zero-order valence-corrected chi connectivity index (χ0v) is 13.7. The van der Waals surface area contributed by atoms with Crippen LogP contribution in [0.4, 0.5) is 4.39 Å². The van der Waals surface area contributed by atoms with Crippen LogP contribution < -0.4 is 10.1 Å². The van der Waals surface area contributed by atoms with Gasteiger partial charge in [-0.15, -0.1) is 0 Å². The molecule has 120 valence electrons. The Labute approximate surface area is 143 Å². The van der Waals surface area contributed by atoms with Crippen molar-refractivity contribution in [2.75, 3.05) is 13.1 Å². The Morgan fingerprint density at radius 3 is 2.70 bits per heavy atom. The molecule has 1 aromatic carbocycles. The number of nitrogens with one attached hydrogen (secondary N) is 1. The highest BCUT2D eigenvalue weighted by Crippen LogP contribution is 2.56. The number of hydrogen-bond acceptors (Lipinski definition) is 3. The van der Waals surface area contributed by atoms with Crippen molar-refractivity contribution in [2.24, 2.45) is 11.8 Å². The van der Waals surface area contributed by atoms with E-state index in [-0.39, 0.29) is 12.4 Å². The molecule has 2 aromatic rings. The lowest BCUT2D eigenvalue weighted by molar-refractivity contribution is 0.287. The third-order valence-electron chi connectivity index (χ3n) is 4.65. The molecule has 1 aliphatic heterocycles. The van der Waals surface area contributed by atoms with Crippen molar-refractivity contribution in [2.45, 2.75) is 12.5 Å². The van der Waals surface area contributed by atoms with E-state index in [1.165, 1.54) is 6.07 Å². The number of ether oxygens (including phenoxy) is 1. The number of piperidine rings is 1. The van der Waals surface area contributed by atoms with E-state index in [1.54, 1.807) is 24.3 Å². The summed E-state index contributed by atoms with van der Waals surface area (Å²) in [4.78, 5) is 4.55. The molecule has 1 aromatic heterocycles. The molecule has 2 heterocycles. The van der Waals surface area contributed by atoms with E-state index in [0.29, 0.717) is 39.2 Å². The molecule has 23 heavy (non-hydrogen) atoms. The minimum absolute atomic E-state index is 0.107. The zero-order valence-electron chi connectivity index (χ0n) is 12.2. The summed E-state index contributed by atoms with van der Waals surface area (Å²) in [5.74, 6) is 1.76. The van der Waals surface area contributed by atoms with E-state index in [2.05, 4.69) is 10.3 Å². The summed E-state index contributed by atoms with van der Waals surface area (Å²) in [6.45, 7) is 2.15.